The molecule has 1 aliphatic rings. The molecule has 134 valence electrons. The average Bonchev–Trinajstić information content (AvgIpc) is 3.23. The van der Waals surface area contributed by atoms with Crippen LogP contribution in [0.5, 0.6) is 0 Å². The highest BCUT2D eigenvalue weighted by Gasteiger charge is 2.35. The Balaban J connectivity index is 1.90. The van der Waals surface area contributed by atoms with Gasteiger partial charge in [0.05, 0.1) is 11.9 Å². The van der Waals surface area contributed by atoms with Crippen molar-refractivity contribution in [2.75, 3.05) is 20.1 Å². The van der Waals surface area contributed by atoms with Gasteiger partial charge in [-0.15, -0.1) is 0 Å². The molecule has 0 radical (unpaired) electrons. The average molecular weight is 352 g/mol. The van der Waals surface area contributed by atoms with Crippen molar-refractivity contribution >= 4 is 5.91 Å². The van der Waals surface area contributed by atoms with Crippen molar-refractivity contribution in [3.05, 3.63) is 47.8 Å². The van der Waals surface area contributed by atoms with Gasteiger partial charge >= 0.3 is 6.18 Å². The highest BCUT2D eigenvalue weighted by Crippen LogP contribution is 2.30. The molecule has 3 rings (SSSR count). The van der Waals surface area contributed by atoms with Crippen LogP contribution in [-0.4, -0.2) is 46.8 Å². The lowest BCUT2D eigenvalue weighted by Gasteiger charge is -2.24. The van der Waals surface area contributed by atoms with Crippen LogP contribution in [0.15, 0.2) is 36.5 Å². The largest absolute Gasteiger partial charge is 0.433 e. The summed E-state index contributed by atoms with van der Waals surface area (Å²) < 4.78 is 40.0. The lowest BCUT2D eigenvalue weighted by Crippen LogP contribution is -2.40. The van der Waals surface area contributed by atoms with Gasteiger partial charge in [-0.2, -0.15) is 18.3 Å². The van der Waals surface area contributed by atoms with Gasteiger partial charge in [0.1, 0.15) is 5.69 Å². The molecule has 2 heterocycles. The third-order valence-electron chi connectivity index (χ3n) is 4.35. The lowest BCUT2D eigenvalue weighted by atomic mass is 10.1. The van der Waals surface area contributed by atoms with Gasteiger partial charge in [-0.3, -0.25) is 4.79 Å². The number of nitrogens with one attached hydrogen (secondary N) is 1. The van der Waals surface area contributed by atoms with Crippen molar-refractivity contribution in [3.63, 3.8) is 0 Å². The molecule has 1 atom stereocenters. The van der Waals surface area contributed by atoms with Gasteiger partial charge < -0.3 is 10.2 Å². The fourth-order valence-corrected chi connectivity index (χ4v) is 3.21. The Kier molecular flexibility index (Phi) is 4.80. The van der Waals surface area contributed by atoms with E-state index in [9.17, 15) is 18.0 Å². The first-order valence-electron chi connectivity index (χ1n) is 8.09. The molecule has 2 aromatic rings. The fraction of sp³-hybridized carbons (Fsp3) is 0.412. The molecule has 1 unspecified atom stereocenters. The number of likely N-dealkylation sites (tertiary alicyclic amines) is 1. The summed E-state index contributed by atoms with van der Waals surface area (Å²) in [5.41, 5.74) is -0.289. The maximum atomic E-state index is 13.1. The topological polar surface area (TPSA) is 50.2 Å². The normalized spacial score (nSPS) is 17.9. The number of rotatable bonds is 4. The monoisotopic (exact) mass is 352 g/mol. The first-order valence-corrected chi connectivity index (χ1v) is 8.09. The number of amides is 1. The number of hydrogen-bond donors (Lipinski definition) is 1. The van der Waals surface area contributed by atoms with E-state index in [1.807, 2.05) is 7.05 Å². The van der Waals surface area contributed by atoms with Crippen LogP contribution in [0.25, 0.3) is 5.69 Å². The van der Waals surface area contributed by atoms with Crippen molar-refractivity contribution in [3.8, 4) is 5.69 Å². The Morgan fingerprint density at radius 2 is 2.16 bits per heavy atom. The smallest absolute Gasteiger partial charge is 0.334 e. The van der Waals surface area contributed by atoms with E-state index in [0.717, 1.165) is 29.8 Å². The van der Waals surface area contributed by atoms with Crippen LogP contribution in [0.4, 0.5) is 13.2 Å². The first kappa shape index (κ1) is 17.5. The van der Waals surface area contributed by atoms with Gasteiger partial charge in [0, 0.05) is 24.7 Å². The van der Waals surface area contributed by atoms with Crippen LogP contribution in [0, 0.1) is 0 Å². The zero-order chi connectivity index (χ0) is 18.0. The van der Waals surface area contributed by atoms with E-state index in [1.54, 1.807) is 17.0 Å². The minimum Gasteiger partial charge on any atom is -0.334 e. The van der Waals surface area contributed by atoms with Gasteiger partial charge in [0.2, 0.25) is 0 Å². The van der Waals surface area contributed by atoms with E-state index in [0.29, 0.717) is 18.7 Å². The summed E-state index contributed by atoms with van der Waals surface area (Å²) in [4.78, 5) is 14.6. The molecule has 0 spiro atoms. The predicted octanol–water partition coefficient (Wildman–Crippen LogP) is 2.72. The summed E-state index contributed by atoms with van der Waals surface area (Å²) in [6.07, 6.45) is -1.57. The molecular weight excluding hydrogens is 333 g/mol. The molecule has 1 aromatic heterocycles. The molecule has 1 aromatic carbocycles. The van der Waals surface area contributed by atoms with E-state index in [4.69, 9.17) is 0 Å². The number of carbonyl (C=O) groups excluding carboxylic acids is 1. The highest BCUT2D eigenvalue weighted by molar-refractivity contribution is 5.95. The Bertz CT molecular complexity index is 756. The second-order valence-electron chi connectivity index (χ2n) is 6.03. The summed E-state index contributed by atoms with van der Waals surface area (Å²) in [6, 6.07) is 7.19. The quantitative estimate of drug-likeness (QED) is 0.921. The number of benzene rings is 1. The number of nitrogens with zero attached hydrogens (tertiary/aromatic N) is 3. The van der Waals surface area contributed by atoms with Gasteiger partial charge in [0.25, 0.3) is 5.91 Å². The van der Waals surface area contributed by atoms with Crippen molar-refractivity contribution in [2.24, 2.45) is 0 Å². The Hall–Kier alpha value is -2.35. The Labute approximate surface area is 143 Å². The molecule has 1 aliphatic heterocycles. The van der Waals surface area contributed by atoms with E-state index in [1.165, 1.54) is 12.1 Å². The number of carbonyl (C=O) groups is 1. The lowest BCUT2D eigenvalue weighted by molar-refractivity contribution is -0.142. The summed E-state index contributed by atoms with van der Waals surface area (Å²) in [5, 5.41) is 6.83. The van der Waals surface area contributed by atoms with Gasteiger partial charge in [0.15, 0.2) is 0 Å². The number of halogens is 3. The molecule has 0 saturated carbocycles. The third-order valence-corrected chi connectivity index (χ3v) is 4.35. The zero-order valence-corrected chi connectivity index (χ0v) is 13.8. The SMILES string of the molecule is CNCC1CCCN1C(=O)c1cccc(-n2nccc2C(F)(F)F)c1. The number of hydrogen-bond acceptors (Lipinski definition) is 3. The summed E-state index contributed by atoms with van der Waals surface area (Å²) in [7, 11) is 1.83. The van der Waals surface area contributed by atoms with Crippen LogP contribution in [-0.2, 0) is 6.18 Å². The molecule has 5 nitrogen and oxygen atoms in total. The Morgan fingerprint density at radius 3 is 2.88 bits per heavy atom. The molecule has 1 fully saturated rings. The molecule has 1 amide bonds. The number of alkyl halides is 3. The van der Waals surface area contributed by atoms with Crippen LogP contribution in [0.3, 0.4) is 0 Å². The molecule has 0 aliphatic carbocycles. The maximum absolute atomic E-state index is 13.1. The van der Waals surface area contributed by atoms with Crippen molar-refractivity contribution in [1.82, 2.24) is 20.0 Å². The van der Waals surface area contributed by atoms with Gasteiger partial charge in [-0.05, 0) is 44.2 Å². The predicted molar refractivity (Wildman–Crippen MR) is 86.6 cm³/mol. The molecule has 8 heteroatoms. The Morgan fingerprint density at radius 1 is 1.36 bits per heavy atom. The van der Waals surface area contributed by atoms with Gasteiger partial charge in [-0.1, -0.05) is 6.07 Å². The minimum absolute atomic E-state index is 0.108. The van der Waals surface area contributed by atoms with E-state index < -0.39 is 11.9 Å². The van der Waals surface area contributed by atoms with Crippen LogP contribution in [0.1, 0.15) is 28.9 Å². The van der Waals surface area contributed by atoms with E-state index in [2.05, 4.69) is 10.4 Å². The van der Waals surface area contributed by atoms with E-state index in [-0.39, 0.29) is 17.6 Å². The molecule has 1 N–H and O–H groups in total. The van der Waals surface area contributed by atoms with Crippen molar-refractivity contribution in [1.29, 1.82) is 0 Å². The maximum Gasteiger partial charge on any atom is 0.433 e. The first-order chi connectivity index (χ1) is 11.9. The number of likely N-dealkylation sites (N-methyl/N-ethyl adjacent to an activating group) is 1. The fourth-order valence-electron chi connectivity index (χ4n) is 3.21. The molecule has 25 heavy (non-hydrogen) atoms. The molecule has 1 saturated heterocycles. The van der Waals surface area contributed by atoms with Crippen LogP contribution < -0.4 is 5.32 Å². The molecule has 0 bridgehead atoms. The second-order valence-corrected chi connectivity index (χ2v) is 6.03. The zero-order valence-electron chi connectivity index (χ0n) is 13.8. The third kappa shape index (κ3) is 3.53. The second kappa shape index (κ2) is 6.87. The van der Waals surface area contributed by atoms with Gasteiger partial charge in [-0.25, -0.2) is 4.68 Å². The number of aromatic nitrogens is 2. The van der Waals surface area contributed by atoms with Crippen molar-refractivity contribution in [2.45, 2.75) is 25.1 Å². The standard InChI is InChI=1S/C17H19F3N4O/c1-21-11-14-6-3-9-23(14)16(25)12-4-2-5-13(10-12)24-15(7-8-22-24)17(18,19)20/h2,4-5,7-8,10,14,21H,3,6,9,11H2,1H3. The van der Waals surface area contributed by atoms with Crippen LogP contribution >= 0.6 is 0 Å². The highest BCUT2D eigenvalue weighted by atomic mass is 19.4. The van der Waals surface area contributed by atoms with Crippen LogP contribution in [0.2, 0.25) is 0 Å². The summed E-state index contributed by atoms with van der Waals surface area (Å²) in [5.74, 6) is -0.166. The van der Waals surface area contributed by atoms with Crippen molar-refractivity contribution < 1.29 is 18.0 Å². The summed E-state index contributed by atoms with van der Waals surface area (Å²) in [6.45, 7) is 1.35. The molecular formula is C17H19F3N4O. The van der Waals surface area contributed by atoms with E-state index >= 15 is 0 Å². The minimum atomic E-state index is -4.51. The summed E-state index contributed by atoms with van der Waals surface area (Å²) >= 11 is 0.